The number of thiocarbonyl (C=S) groups is 1. The maximum atomic E-state index is 13.2. The van der Waals surface area contributed by atoms with Crippen LogP contribution in [0.3, 0.4) is 0 Å². The fraction of sp³-hybridized carbons (Fsp3) is 0.867. The molecule has 2 saturated carbocycles. The molecule has 0 aliphatic heterocycles. The lowest BCUT2D eigenvalue weighted by molar-refractivity contribution is -0.130. The van der Waals surface area contributed by atoms with Crippen LogP contribution < -0.4 is 11.1 Å². The number of nitrogens with one attached hydrogen (secondary N) is 1. The maximum Gasteiger partial charge on any atom is 0.248 e. The van der Waals surface area contributed by atoms with Crippen LogP contribution in [0.2, 0.25) is 0 Å². The summed E-state index contributed by atoms with van der Waals surface area (Å²) >= 11 is 5.19. The molecule has 3 nitrogen and oxygen atoms in total. The van der Waals surface area contributed by atoms with Crippen molar-refractivity contribution in [2.75, 3.05) is 0 Å². The smallest absolute Gasteiger partial charge is 0.248 e. The lowest BCUT2D eigenvalue weighted by Gasteiger charge is -2.36. The molecule has 0 unspecified atom stereocenters. The van der Waals surface area contributed by atoms with E-state index < -0.39 is 11.5 Å². The highest BCUT2D eigenvalue weighted by molar-refractivity contribution is 7.80. The van der Waals surface area contributed by atoms with E-state index in [2.05, 4.69) is 5.32 Å². The number of nitrogens with two attached hydrogens (primary N) is 1. The van der Waals surface area contributed by atoms with Crippen LogP contribution in [0.4, 0.5) is 8.78 Å². The van der Waals surface area contributed by atoms with Crippen LogP contribution in [0.15, 0.2) is 0 Å². The largest absolute Gasteiger partial charge is 0.391 e. The van der Waals surface area contributed by atoms with Gasteiger partial charge in [-0.3, -0.25) is 4.79 Å². The molecule has 0 spiro atoms. The summed E-state index contributed by atoms with van der Waals surface area (Å²) in [7, 11) is 0. The maximum absolute atomic E-state index is 13.2. The Bertz CT molecular complexity index is 396. The second-order valence-electron chi connectivity index (χ2n) is 6.48. The van der Waals surface area contributed by atoms with E-state index in [0.29, 0.717) is 4.99 Å². The lowest BCUT2D eigenvalue weighted by atomic mass is 9.84. The van der Waals surface area contributed by atoms with Gasteiger partial charge in [0.15, 0.2) is 0 Å². The number of carbonyl (C=O) groups excluding carboxylic acids is 1. The number of rotatable bonds is 3. The minimum absolute atomic E-state index is 0.153. The highest BCUT2D eigenvalue weighted by Gasteiger charge is 2.41. The zero-order valence-electron chi connectivity index (χ0n) is 12.3. The summed E-state index contributed by atoms with van der Waals surface area (Å²) in [4.78, 5) is 12.8. The van der Waals surface area contributed by atoms with Crippen molar-refractivity contribution in [3.05, 3.63) is 0 Å². The monoisotopic (exact) mass is 318 g/mol. The average molecular weight is 318 g/mol. The van der Waals surface area contributed by atoms with Gasteiger partial charge >= 0.3 is 0 Å². The molecule has 0 bridgehead atoms. The average Bonchev–Trinajstić information content (AvgIpc) is 2.65. The van der Waals surface area contributed by atoms with E-state index in [9.17, 15) is 13.6 Å². The Morgan fingerprint density at radius 2 is 1.57 bits per heavy atom. The summed E-state index contributed by atoms with van der Waals surface area (Å²) in [5.74, 6) is -3.10. The second kappa shape index (κ2) is 6.55. The molecule has 1 amide bonds. The van der Waals surface area contributed by atoms with E-state index in [1.807, 2.05) is 0 Å². The van der Waals surface area contributed by atoms with E-state index in [0.717, 1.165) is 38.5 Å². The summed E-state index contributed by atoms with van der Waals surface area (Å²) in [6.07, 6.45) is 5.81. The predicted molar refractivity (Wildman–Crippen MR) is 82.3 cm³/mol. The molecule has 0 saturated heterocycles. The van der Waals surface area contributed by atoms with Crippen molar-refractivity contribution < 1.29 is 13.6 Å². The molecule has 0 atom stereocenters. The summed E-state index contributed by atoms with van der Waals surface area (Å²) < 4.78 is 26.4. The number of halogens is 2. The molecular weight excluding hydrogens is 294 g/mol. The molecule has 0 heterocycles. The first-order valence-electron chi connectivity index (χ1n) is 7.84. The Hall–Kier alpha value is -0.780. The predicted octanol–water partition coefficient (Wildman–Crippen LogP) is 3.31. The van der Waals surface area contributed by atoms with Crippen molar-refractivity contribution in [2.24, 2.45) is 11.7 Å². The molecule has 2 rings (SSSR count). The van der Waals surface area contributed by atoms with E-state index in [-0.39, 0.29) is 37.5 Å². The van der Waals surface area contributed by atoms with Gasteiger partial charge in [0.25, 0.3) is 0 Å². The molecule has 0 radical (unpaired) electrons. The molecule has 2 aliphatic rings. The van der Waals surface area contributed by atoms with Crippen molar-refractivity contribution in [3.8, 4) is 0 Å². The van der Waals surface area contributed by atoms with Crippen LogP contribution in [0.25, 0.3) is 0 Å². The third kappa shape index (κ3) is 4.11. The fourth-order valence-electron chi connectivity index (χ4n) is 3.41. The SMILES string of the molecule is NC(=S)C1(NC(=O)C2CCC(F)(F)CC2)CCCCCC1. The molecule has 2 fully saturated rings. The Morgan fingerprint density at radius 3 is 2.05 bits per heavy atom. The highest BCUT2D eigenvalue weighted by Crippen LogP contribution is 2.37. The second-order valence-corrected chi connectivity index (χ2v) is 6.92. The first-order chi connectivity index (χ1) is 9.85. The topological polar surface area (TPSA) is 55.1 Å². The molecular formula is C15H24F2N2OS. The molecule has 21 heavy (non-hydrogen) atoms. The zero-order chi connectivity index (χ0) is 15.5. The summed E-state index contributed by atoms with van der Waals surface area (Å²) in [6, 6.07) is 0. The van der Waals surface area contributed by atoms with Gasteiger partial charge in [-0.05, 0) is 25.7 Å². The van der Waals surface area contributed by atoms with Crippen molar-refractivity contribution >= 4 is 23.1 Å². The minimum Gasteiger partial charge on any atom is -0.391 e. The van der Waals surface area contributed by atoms with Gasteiger partial charge < -0.3 is 11.1 Å². The van der Waals surface area contributed by atoms with Crippen LogP contribution in [-0.2, 0) is 4.79 Å². The third-order valence-corrected chi connectivity index (χ3v) is 5.27. The van der Waals surface area contributed by atoms with Gasteiger partial charge in [0.05, 0.1) is 10.5 Å². The molecule has 0 aromatic rings. The van der Waals surface area contributed by atoms with E-state index >= 15 is 0 Å². The standard InChI is InChI=1S/C15H24F2N2OS/c16-15(17)9-5-11(6-10-15)12(20)19-14(13(18)21)7-3-1-2-4-8-14/h11H,1-10H2,(H2,18,21)(H,19,20). The zero-order valence-corrected chi connectivity index (χ0v) is 13.1. The van der Waals surface area contributed by atoms with Gasteiger partial charge in [0, 0.05) is 18.8 Å². The van der Waals surface area contributed by atoms with E-state index in [4.69, 9.17) is 18.0 Å². The van der Waals surface area contributed by atoms with Gasteiger partial charge in [0.2, 0.25) is 11.8 Å². The summed E-state index contributed by atoms with van der Waals surface area (Å²) in [5.41, 5.74) is 5.28. The van der Waals surface area contributed by atoms with Gasteiger partial charge in [-0.15, -0.1) is 0 Å². The van der Waals surface area contributed by atoms with E-state index in [1.54, 1.807) is 0 Å². The van der Waals surface area contributed by atoms with Crippen molar-refractivity contribution in [2.45, 2.75) is 75.7 Å². The van der Waals surface area contributed by atoms with Crippen LogP contribution in [0.1, 0.15) is 64.2 Å². The number of hydrogen-bond donors (Lipinski definition) is 2. The van der Waals surface area contributed by atoms with Crippen molar-refractivity contribution in [1.29, 1.82) is 0 Å². The van der Waals surface area contributed by atoms with Crippen molar-refractivity contribution in [1.82, 2.24) is 5.32 Å². The van der Waals surface area contributed by atoms with Gasteiger partial charge in [-0.1, -0.05) is 37.9 Å². The van der Waals surface area contributed by atoms with Crippen LogP contribution in [-0.4, -0.2) is 22.4 Å². The Morgan fingerprint density at radius 1 is 1.05 bits per heavy atom. The fourth-order valence-corrected chi connectivity index (χ4v) is 3.66. The number of alkyl halides is 2. The lowest BCUT2D eigenvalue weighted by Crippen LogP contribution is -2.58. The normalized spacial score (nSPS) is 25.8. The summed E-state index contributed by atoms with van der Waals surface area (Å²) in [5, 5.41) is 3.02. The molecule has 2 aliphatic carbocycles. The summed E-state index contributed by atoms with van der Waals surface area (Å²) in [6.45, 7) is 0. The molecule has 0 aromatic heterocycles. The quantitative estimate of drug-likeness (QED) is 0.620. The van der Waals surface area contributed by atoms with Crippen LogP contribution in [0, 0.1) is 5.92 Å². The number of carbonyl (C=O) groups is 1. The number of hydrogen-bond acceptors (Lipinski definition) is 2. The molecule has 6 heteroatoms. The Kier molecular flexibility index (Phi) is 5.17. The third-order valence-electron chi connectivity index (χ3n) is 4.88. The minimum atomic E-state index is -2.61. The Labute approximate surface area is 130 Å². The van der Waals surface area contributed by atoms with Crippen LogP contribution >= 0.6 is 12.2 Å². The van der Waals surface area contributed by atoms with Gasteiger partial charge in [-0.25, -0.2) is 8.78 Å². The molecule has 3 N–H and O–H groups in total. The van der Waals surface area contributed by atoms with Gasteiger partial charge in [0.1, 0.15) is 0 Å². The molecule has 120 valence electrons. The van der Waals surface area contributed by atoms with Gasteiger partial charge in [-0.2, -0.15) is 0 Å². The number of amides is 1. The Balaban J connectivity index is 2.00. The van der Waals surface area contributed by atoms with Crippen LogP contribution in [0.5, 0.6) is 0 Å². The first-order valence-corrected chi connectivity index (χ1v) is 8.25. The van der Waals surface area contributed by atoms with Crippen molar-refractivity contribution in [3.63, 3.8) is 0 Å². The molecule has 0 aromatic carbocycles. The first kappa shape index (κ1) is 16.6. The van der Waals surface area contributed by atoms with E-state index in [1.165, 1.54) is 0 Å². The highest BCUT2D eigenvalue weighted by atomic mass is 32.1.